The van der Waals surface area contributed by atoms with Crippen LogP contribution in [0.15, 0.2) is 186 Å². The molecule has 0 aliphatic carbocycles. The Bertz CT molecular complexity index is 3580. The first kappa shape index (κ1) is 21.4. The van der Waals surface area contributed by atoms with Crippen molar-refractivity contribution >= 4 is 75.8 Å². The summed E-state index contributed by atoms with van der Waals surface area (Å²) in [5, 5.41) is 8.45. The van der Waals surface area contributed by atoms with E-state index < -0.39 is 24.2 Å². The van der Waals surface area contributed by atoms with Gasteiger partial charge >= 0.3 is 0 Å². The summed E-state index contributed by atoms with van der Waals surface area (Å²) in [7, 11) is 0. The molecule has 1 nitrogen and oxygen atoms in total. The van der Waals surface area contributed by atoms with E-state index in [4.69, 9.17) is 9.90 Å². The number of fused-ring (bicyclic) bond motifs is 9. The minimum atomic E-state index is -0.438. The summed E-state index contributed by atoms with van der Waals surface area (Å²) in [5.41, 5.74) is 4.64. The SMILES string of the molecule is [2H]c1c([2H])c([2H])c2c(-c3cc4ccccc4cc3-c3ccc4c(c3)oc3ccc5ccccc5c34)c3c([2H])c([2H])c([2H])c([2H])c3c(-c3ccc4ccccc4c3)c2c1[2H]. The lowest BCUT2D eigenvalue weighted by molar-refractivity contribution is 0.669. The van der Waals surface area contributed by atoms with E-state index in [0.717, 1.165) is 54.2 Å². The highest BCUT2D eigenvalue weighted by Gasteiger charge is 2.21. The molecule has 0 aliphatic rings. The van der Waals surface area contributed by atoms with Crippen LogP contribution >= 0.6 is 0 Å². The minimum absolute atomic E-state index is 0.171. The molecular weight excluding hydrogens is 617 g/mol. The van der Waals surface area contributed by atoms with E-state index in [1.165, 1.54) is 0 Å². The smallest absolute Gasteiger partial charge is 0.136 e. The molecule has 51 heavy (non-hydrogen) atoms. The summed E-state index contributed by atoms with van der Waals surface area (Å²) in [6.07, 6.45) is 0. The third-order valence-electron chi connectivity index (χ3n) is 10.2. The topological polar surface area (TPSA) is 13.1 Å². The van der Waals surface area contributed by atoms with E-state index in [0.29, 0.717) is 33.4 Å². The minimum Gasteiger partial charge on any atom is -0.456 e. The summed E-state index contributed by atoms with van der Waals surface area (Å²) in [4.78, 5) is 0. The van der Waals surface area contributed by atoms with Crippen molar-refractivity contribution < 1.29 is 15.4 Å². The molecule has 0 radical (unpaired) electrons. The Kier molecular flexibility index (Phi) is 4.57. The van der Waals surface area contributed by atoms with Gasteiger partial charge in [0, 0.05) is 10.8 Å². The molecule has 0 amide bonds. The molecule has 0 spiro atoms. The molecule has 236 valence electrons. The van der Waals surface area contributed by atoms with Crippen molar-refractivity contribution in [2.45, 2.75) is 0 Å². The molecule has 0 fully saturated rings. The predicted octanol–water partition coefficient (Wildman–Crippen LogP) is 14.4. The van der Waals surface area contributed by atoms with E-state index in [9.17, 15) is 5.48 Å². The van der Waals surface area contributed by atoms with Crippen molar-refractivity contribution in [1.29, 1.82) is 0 Å². The molecule has 1 heteroatoms. The largest absolute Gasteiger partial charge is 0.456 e. The molecule has 0 N–H and O–H groups in total. The van der Waals surface area contributed by atoms with Crippen LogP contribution in [0.1, 0.15) is 11.0 Å². The fraction of sp³-hybridized carbons (Fsp3) is 0. The van der Waals surface area contributed by atoms with Gasteiger partial charge < -0.3 is 4.42 Å². The fourth-order valence-electron chi connectivity index (χ4n) is 7.93. The van der Waals surface area contributed by atoms with Crippen molar-refractivity contribution in [2.75, 3.05) is 0 Å². The average molecular weight is 655 g/mol. The highest BCUT2D eigenvalue weighted by Crippen LogP contribution is 2.48. The first-order valence-electron chi connectivity index (χ1n) is 20.9. The van der Waals surface area contributed by atoms with Gasteiger partial charge in [-0.05, 0) is 124 Å². The van der Waals surface area contributed by atoms with Gasteiger partial charge in [0.05, 0.1) is 11.0 Å². The lowest BCUT2D eigenvalue weighted by Crippen LogP contribution is -1.93. The first-order valence-corrected chi connectivity index (χ1v) is 16.9. The van der Waals surface area contributed by atoms with Crippen molar-refractivity contribution in [2.24, 2.45) is 0 Å². The van der Waals surface area contributed by atoms with Gasteiger partial charge in [0.25, 0.3) is 0 Å². The maximum atomic E-state index is 9.58. The van der Waals surface area contributed by atoms with Gasteiger partial charge in [0.15, 0.2) is 0 Å². The lowest BCUT2D eigenvalue weighted by atomic mass is 9.82. The first-order chi connectivity index (χ1) is 28.6. The van der Waals surface area contributed by atoms with Gasteiger partial charge in [-0.2, -0.15) is 0 Å². The van der Waals surface area contributed by atoms with Crippen LogP contribution in [0.4, 0.5) is 0 Å². The summed E-state index contributed by atoms with van der Waals surface area (Å²) in [6, 6.07) is 40.6. The molecule has 11 aromatic rings. The second-order valence-corrected chi connectivity index (χ2v) is 13.0. The zero-order valence-corrected chi connectivity index (χ0v) is 27.1. The summed E-state index contributed by atoms with van der Waals surface area (Å²) in [5.74, 6) is 0. The third-order valence-corrected chi connectivity index (χ3v) is 10.2. The standard InChI is InChI=1S/C50H30O/c1-2-13-33-27-37(22-21-31(33)11-1)48-39-17-7-9-19-41(39)49(42-20-10-8-18-40(42)48)45-29-35-15-4-3-14-34(35)28-44(45)36-23-25-43-47(30-36)51-46-26-24-32-12-5-6-16-38(32)50(43)46/h1-30H/i7D,8D,9D,10D,17D,18D,19D,20D. The van der Waals surface area contributed by atoms with E-state index in [2.05, 4.69) is 12.1 Å². The van der Waals surface area contributed by atoms with Crippen LogP contribution in [0.3, 0.4) is 0 Å². The molecule has 0 saturated carbocycles. The van der Waals surface area contributed by atoms with Crippen molar-refractivity contribution in [3.63, 3.8) is 0 Å². The maximum Gasteiger partial charge on any atom is 0.136 e. The predicted molar refractivity (Wildman–Crippen MR) is 218 cm³/mol. The molecule has 0 atom stereocenters. The van der Waals surface area contributed by atoms with Crippen LogP contribution in [-0.4, -0.2) is 0 Å². The van der Waals surface area contributed by atoms with Gasteiger partial charge in [-0.1, -0.05) is 145 Å². The zero-order chi connectivity index (χ0) is 40.4. The van der Waals surface area contributed by atoms with Gasteiger partial charge in [0.1, 0.15) is 11.2 Å². The number of hydrogen-bond acceptors (Lipinski definition) is 1. The van der Waals surface area contributed by atoms with Gasteiger partial charge in [-0.15, -0.1) is 0 Å². The number of rotatable bonds is 3. The molecule has 10 aromatic carbocycles. The zero-order valence-electron chi connectivity index (χ0n) is 35.1. The Hall–Kier alpha value is -6.70. The third kappa shape index (κ3) is 4.28. The maximum absolute atomic E-state index is 9.58. The highest BCUT2D eigenvalue weighted by atomic mass is 16.3. The molecule has 0 bridgehead atoms. The van der Waals surface area contributed by atoms with Crippen LogP contribution in [0.2, 0.25) is 0 Å². The van der Waals surface area contributed by atoms with Gasteiger partial charge in [-0.25, -0.2) is 0 Å². The summed E-state index contributed by atoms with van der Waals surface area (Å²) in [6.45, 7) is 0. The van der Waals surface area contributed by atoms with Crippen molar-refractivity contribution in [1.82, 2.24) is 0 Å². The van der Waals surface area contributed by atoms with Crippen LogP contribution in [0.5, 0.6) is 0 Å². The van der Waals surface area contributed by atoms with E-state index >= 15 is 0 Å². The fourth-order valence-corrected chi connectivity index (χ4v) is 7.93. The van der Waals surface area contributed by atoms with Crippen LogP contribution < -0.4 is 0 Å². The monoisotopic (exact) mass is 654 g/mol. The Balaban J connectivity index is 1.33. The van der Waals surface area contributed by atoms with Gasteiger partial charge in [-0.3, -0.25) is 0 Å². The Labute approximate surface area is 305 Å². The van der Waals surface area contributed by atoms with E-state index in [-0.39, 0.29) is 45.7 Å². The van der Waals surface area contributed by atoms with Crippen LogP contribution in [0, 0.1) is 0 Å². The molecule has 0 aliphatic heterocycles. The summed E-state index contributed by atoms with van der Waals surface area (Å²) < 4.78 is 80.4. The Morgan fingerprint density at radius 3 is 1.61 bits per heavy atom. The molecule has 11 rings (SSSR count). The van der Waals surface area contributed by atoms with Gasteiger partial charge in [0.2, 0.25) is 0 Å². The van der Waals surface area contributed by atoms with Crippen LogP contribution in [-0.2, 0) is 0 Å². The van der Waals surface area contributed by atoms with Crippen LogP contribution in [0.25, 0.3) is 109 Å². The second-order valence-electron chi connectivity index (χ2n) is 13.0. The summed E-state index contributed by atoms with van der Waals surface area (Å²) >= 11 is 0. The molecular formula is C50H30O. The van der Waals surface area contributed by atoms with E-state index in [1.807, 2.05) is 121 Å². The average Bonchev–Trinajstić information content (AvgIpc) is 3.65. The highest BCUT2D eigenvalue weighted by molar-refractivity contribution is 6.24. The van der Waals surface area contributed by atoms with E-state index in [1.54, 1.807) is 0 Å². The normalized spacial score (nSPS) is 14.1. The Morgan fingerprint density at radius 1 is 0.353 bits per heavy atom. The molecule has 1 aromatic heterocycles. The molecule has 0 unspecified atom stereocenters. The number of furan rings is 1. The quantitative estimate of drug-likeness (QED) is 0.173. The number of hydrogen-bond donors (Lipinski definition) is 0. The number of benzene rings is 10. The second kappa shape index (κ2) is 10.9. The van der Waals surface area contributed by atoms with Crippen molar-refractivity contribution in [3.05, 3.63) is 182 Å². The van der Waals surface area contributed by atoms with Crippen molar-refractivity contribution in [3.8, 4) is 33.4 Å². The lowest BCUT2D eigenvalue weighted by Gasteiger charge is -2.20. The molecule has 0 saturated heterocycles. The molecule has 1 heterocycles. The Morgan fingerprint density at radius 2 is 0.902 bits per heavy atom.